The Kier molecular flexibility index (Phi) is 6.37. The van der Waals surface area contributed by atoms with Crippen molar-refractivity contribution in [2.24, 2.45) is 0 Å². The second-order valence-electron chi connectivity index (χ2n) is 9.30. The van der Waals surface area contributed by atoms with E-state index in [1.165, 1.54) is 0 Å². The van der Waals surface area contributed by atoms with E-state index in [1.807, 2.05) is 29.3 Å². The molecule has 3 fully saturated rings. The molecule has 2 aromatic rings. The third-order valence-electron chi connectivity index (χ3n) is 7.40. The van der Waals surface area contributed by atoms with Gasteiger partial charge in [-0.25, -0.2) is 4.98 Å². The van der Waals surface area contributed by atoms with Gasteiger partial charge in [-0.3, -0.25) is 14.7 Å². The Labute approximate surface area is 190 Å². The van der Waals surface area contributed by atoms with Gasteiger partial charge in [0.1, 0.15) is 5.82 Å². The standard InChI is InChI=1S/C25H33N5O2/c31-24(19-21-4-10-26-11-5-21)30-12-7-25(8-13-30)20-22(6-18-32-25)28-14-16-29(17-15-28)23-3-1-2-9-27-23/h1-5,9-11,22H,6-8,12-20H2/t22-/m1/s1. The van der Waals surface area contributed by atoms with Gasteiger partial charge in [-0.15, -0.1) is 0 Å². The molecular weight excluding hydrogens is 402 g/mol. The number of hydrogen-bond acceptors (Lipinski definition) is 6. The zero-order chi connectivity index (χ0) is 21.8. The Morgan fingerprint density at radius 2 is 1.78 bits per heavy atom. The summed E-state index contributed by atoms with van der Waals surface area (Å²) in [5.41, 5.74) is 0.971. The molecule has 3 aliphatic heterocycles. The van der Waals surface area contributed by atoms with Crippen LogP contribution in [-0.2, 0) is 16.0 Å². The number of carbonyl (C=O) groups excluding carboxylic acids is 1. The van der Waals surface area contributed by atoms with Crippen LogP contribution in [-0.4, -0.2) is 83.2 Å². The Morgan fingerprint density at radius 1 is 1.00 bits per heavy atom. The molecule has 3 saturated heterocycles. The molecule has 0 bridgehead atoms. The van der Waals surface area contributed by atoms with Gasteiger partial charge >= 0.3 is 0 Å². The van der Waals surface area contributed by atoms with Crippen molar-refractivity contribution >= 4 is 11.7 Å². The van der Waals surface area contributed by atoms with Crippen LogP contribution in [0.1, 0.15) is 31.2 Å². The lowest BCUT2D eigenvalue weighted by atomic mass is 9.81. The Bertz CT molecular complexity index is 878. The average molecular weight is 436 g/mol. The number of ether oxygens (including phenoxy) is 1. The van der Waals surface area contributed by atoms with Gasteiger partial charge in [-0.05, 0) is 55.5 Å². The highest BCUT2D eigenvalue weighted by Crippen LogP contribution is 2.37. The van der Waals surface area contributed by atoms with Gasteiger partial charge < -0.3 is 14.5 Å². The molecule has 5 rings (SSSR count). The lowest BCUT2D eigenvalue weighted by molar-refractivity contribution is -0.148. The van der Waals surface area contributed by atoms with E-state index in [-0.39, 0.29) is 11.5 Å². The Morgan fingerprint density at radius 3 is 2.50 bits per heavy atom. The van der Waals surface area contributed by atoms with Gasteiger partial charge in [0.05, 0.1) is 12.0 Å². The normalized spacial score (nSPS) is 23.9. The summed E-state index contributed by atoms with van der Waals surface area (Å²) in [5.74, 6) is 1.29. The van der Waals surface area contributed by atoms with Gasteiger partial charge in [0, 0.05) is 70.5 Å². The molecule has 5 heterocycles. The molecule has 0 aromatic carbocycles. The molecule has 0 unspecified atom stereocenters. The monoisotopic (exact) mass is 435 g/mol. The molecule has 1 spiro atoms. The molecule has 7 heteroatoms. The number of carbonyl (C=O) groups is 1. The van der Waals surface area contributed by atoms with E-state index in [2.05, 4.69) is 31.9 Å². The van der Waals surface area contributed by atoms with Crippen LogP contribution < -0.4 is 4.90 Å². The molecule has 0 saturated carbocycles. The maximum absolute atomic E-state index is 12.7. The van der Waals surface area contributed by atoms with Crippen molar-refractivity contribution in [3.8, 4) is 0 Å². The second-order valence-corrected chi connectivity index (χ2v) is 9.30. The fourth-order valence-corrected chi connectivity index (χ4v) is 5.47. The number of piperidine rings is 1. The first-order chi connectivity index (χ1) is 15.7. The van der Waals surface area contributed by atoms with Crippen molar-refractivity contribution in [3.63, 3.8) is 0 Å². The molecule has 0 radical (unpaired) electrons. The summed E-state index contributed by atoms with van der Waals surface area (Å²) < 4.78 is 6.37. The molecule has 3 aliphatic rings. The number of anilines is 1. The number of aromatic nitrogens is 2. The van der Waals surface area contributed by atoms with Crippen molar-refractivity contribution in [2.75, 3.05) is 50.8 Å². The van der Waals surface area contributed by atoms with E-state index in [9.17, 15) is 4.79 Å². The number of hydrogen-bond donors (Lipinski definition) is 0. The summed E-state index contributed by atoms with van der Waals surface area (Å²) in [4.78, 5) is 28.4. The van der Waals surface area contributed by atoms with Crippen LogP contribution in [0.3, 0.4) is 0 Å². The molecule has 1 amide bonds. The van der Waals surface area contributed by atoms with Crippen LogP contribution in [0.15, 0.2) is 48.9 Å². The third kappa shape index (κ3) is 4.79. The van der Waals surface area contributed by atoms with Crippen LogP contribution in [0.25, 0.3) is 0 Å². The summed E-state index contributed by atoms with van der Waals surface area (Å²) in [6.45, 7) is 6.63. The summed E-state index contributed by atoms with van der Waals surface area (Å²) in [6.07, 6.45) is 9.91. The molecule has 170 valence electrons. The van der Waals surface area contributed by atoms with Gasteiger partial charge in [0.15, 0.2) is 0 Å². The number of nitrogens with zero attached hydrogens (tertiary/aromatic N) is 5. The highest BCUT2D eigenvalue weighted by Gasteiger charge is 2.42. The third-order valence-corrected chi connectivity index (χ3v) is 7.40. The van der Waals surface area contributed by atoms with E-state index in [4.69, 9.17) is 4.74 Å². The maximum Gasteiger partial charge on any atom is 0.226 e. The van der Waals surface area contributed by atoms with Crippen molar-refractivity contribution in [3.05, 3.63) is 54.5 Å². The fraction of sp³-hybridized carbons (Fsp3) is 0.560. The topological polar surface area (TPSA) is 61.8 Å². The smallest absolute Gasteiger partial charge is 0.226 e. The van der Waals surface area contributed by atoms with E-state index >= 15 is 0 Å². The minimum Gasteiger partial charge on any atom is -0.375 e. The number of likely N-dealkylation sites (tertiary alicyclic amines) is 1. The fourth-order valence-electron chi connectivity index (χ4n) is 5.47. The van der Waals surface area contributed by atoms with Crippen molar-refractivity contribution in [1.29, 1.82) is 0 Å². The minimum atomic E-state index is -0.0610. The first-order valence-electron chi connectivity index (χ1n) is 11.9. The summed E-state index contributed by atoms with van der Waals surface area (Å²) in [7, 11) is 0. The Balaban J connectivity index is 1.12. The summed E-state index contributed by atoms with van der Waals surface area (Å²) >= 11 is 0. The number of pyridine rings is 2. The molecule has 7 nitrogen and oxygen atoms in total. The van der Waals surface area contributed by atoms with Crippen molar-refractivity contribution in [1.82, 2.24) is 19.8 Å². The zero-order valence-corrected chi connectivity index (χ0v) is 18.7. The van der Waals surface area contributed by atoms with Crippen LogP contribution in [0.4, 0.5) is 5.82 Å². The summed E-state index contributed by atoms with van der Waals surface area (Å²) in [5, 5.41) is 0. The molecule has 0 N–H and O–H groups in total. The van der Waals surface area contributed by atoms with Gasteiger partial charge in [0.25, 0.3) is 0 Å². The predicted octanol–water partition coefficient (Wildman–Crippen LogP) is 2.38. The Hall–Kier alpha value is -2.51. The molecule has 32 heavy (non-hydrogen) atoms. The first-order valence-corrected chi connectivity index (χ1v) is 11.9. The first kappa shape index (κ1) is 21.3. The molecule has 1 atom stereocenters. The highest BCUT2D eigenvalue weighted by molar-refractivity contribution is 5.78. The second kappa shape index (κ2) is 9.55. The zero-order valence-electron chi connectivity index (χ0n) is 18.7. The van der Waals surface area contributed by atoms with E-state index in [1.54, 1.807) is 12.4 Å². The van der Waals surface area contributed by atoms with Gasteiger partial charge in [-0.2, -0.15) is 0 Å². The quantitative estimate of drug-likeness (QED) is 0.735. The minimum absolute atomic E-state index is 0.0610. The highest BCUT2D eigenvalue weighted by atomic mass is 16.5. The maximum atomic E-state index is 12.7. The van der Waals surface area contributed by atoms with Crippen LogP contribution in [0.2, 0.25) is 0 Å². The lowest BCUT2D eigenvalue weighted by Gasteiger charge is -2.49. The lowest BCUT2D eigenvalue weighted by Crippen LogP contribution is -2.57. The van der Waals surface area contributed by atoms with Crippen LogP contribution in [0.5, 0.6) is 0 Å². The van der Waals surface area contributed by atoms with E-state index in [0.717, 1.165) is 82.9 Å². The average Bonchev–Trinajstić information content (AvgIpc) is 2.86. The summed E-state index contributed by atoms with van der Waals surface area (Å²) in [6, 6.07) is 10.6. The van der Waals surface area contributed by atoms with Gasteiger partial charge in [0.2, 0.25) is 5.91 Å². The van der Waals surface area contributed by atoms with Crippen LogP contribution in [0, 0.1) is 0 Å². The van der Waals surface area contributed by atoms with E-state index < -0.39 is 0 Å². The molecule has 0 aliphatic carbocycles. The molecular formula is C25H33N5O2. The largest absolute Gasteiger partial charge is 0.375 e. The molecule has 2 aromatic heterocycles. The van der Waals surface area contributed by atoms with Crippen molar-refractivity contribution < 1.29 is 9.53 Å². The van der Waals surface area contributed by atoms with Crippen molar-refractivity contribution in [2.45, 2.75) is 43.7 Å². The van der Waals surface area contributed by atoms with Crippen LogP contribution >= 0.6 is 0 Å². The predicted molar refractivity (Wildman–Crippen MR) is 123 cm³/mol. The van der Waals surface area contributed by atoms with Gasteiger partial charge in [-0.1, -0.05) is 6.07 Å². The SMILES string of the molecule is O=C(Cc1ccncc1)N1CCC2(CC1)C[C@H](N1CCN(c3ccccn3)CC1)CCO2. The van der Waals surface area contributed by atoms with E-state index in [0.29, 0.717) is 12.5 Å². The number of rotatable bonds is 4. The number of amides is 1. The number of piperazine rings is 1.